The third-order valence-electron chi connectivity index (χ3n) is 8.81. The van der Waals surface area contributed by atoms with Crippen molar-refractivity contribution in [2.45, 2.75) is 72.7 Å². The fourth-order valence-electron chi connectivity index (χ4n) is 5.53. The first-order valence-corrected chi connectivity index (χ1v) is 16.3. The van der Waals surface area contributed by atoms with Crippen molar-refractivity contribution < 1.29 is 49.5 Å². The Balaban J connectivity index is 2.07. The molecule has 6 atom stereocenters. The van der Waals surface area contributed by atoms with E-state index in [4.69, 9.17) is 0 Å². The normalized spacial score (nSPS) is 31.3. The van der Waals surface area contributed by atoms with Crippen LogP contribution in [0, 0.1) is 24.7 Å². The van der Waals surface area contributed by atoms with E-state index in [2.05, 4.69) is 5.32 Å². The molecule has 1 amide bonds. The molecule has 11 heteroatoms. The number of aryl methyl sites for hydroxylation is 1. The number of phenols is 1. The van der Waals surface area contributed by atoms with E-state index in [0.29, 0.717) is 5.57 Å². The Morgan fingerprint density at radius 2 is 1.38 bits per heavy atom. The highest BCUT2D eigenvalue weighted by Crippen LogP contribution is 2.37. The topological polar surface area (TPSA) is 199 Å². The molecule has 266 valence electrons. The van der Waals surface area contributed by atoms with E-state index < -0.39 is 87.7 Å². The highest BCUT2D eigenvalue weighted by atomic mass is 16.3. The average Bonchev–Trinajstić information content (AvgIpc) is 3.07. The summed E-state index contributed by atoms with van der Waals surface area (Å²) in [6, 6.07) is 1.23. The Morgan fingerprint density at radius 3 is 2.06 bits per heavy atom. The number of nitrogens with one attached hydrogen (secondary N) is 1. The number of carbonyl (C=O) groups is 5. The lowest BCUT2D eigenvalue weighted by atomic mass is 9.82. The first kappa shape index (κ1) is 39.5. The lowest BCUT2D eigenvalue weighted by Gasteiger charge is -2.23. The summed E-state index contributed by atoms with van der Waals surface area (Å²) in [5.74, 6) is -7.27. The molecule has 0 spiro atoms. The number of aromatic hydroxyl groups is 1. The smallest absolute Gasteiger partial charge is 0.253 e. The fourth-order valence-corrected chi connectivity index (χ4v) is 5.53. The monoisotopic (exact) mass is 687 g/mol. The predicted octanol–water partition coefficient (Wildman–Crippen LogP) is 4.46. The van der Waals surface area contributed by atoms with Gasteiger partial charge in [0.05, 0.1) is 29.4 Å². The van der Waals surface area contributed by atoms with Crippen LogP contribution in [-0.4, -0.2) is 72.9 Å². The molecule has 50 heavy (non-hydrogen) atoms. The highest BCUT2D eigenvalue weighted by molar-refractivity contribution is 6.53. The summed E-state index contributed by atoms with van der Waals surface area (Å²) in [5, 5.41) is 56.2. The van der Waals surface area contributed by atoms with Crippen molar-refractivity contribution in [3.05, 3.63) is 106 Å². The van der Waals surface area contributed by atoms with E-state index in [1.807, 2.05) is 0 Å². The lowest BCUT2D eigenvalue weighted by molar-refractivity contribution is -0.118. The molecule has 4 rings (SSSR count). The molecular weight excluding hydrogens is 642 g/mol. The molecule has 1 aromatic rings. The lowest BCUT2D eigenvalue weighted by Crippen LogP contribution is -2.35. The van der Waals surface area contributed by atoms with Gasteiger partial charge in [0, 0.05) is 35.8 Å². The van der Waals surface area contributed by atoms with Crippen LogP contribution in [0.1, 0.15) is 79.3 Å². The zero-order valence-corrected chi connectivity index (χ0v) is 29.0. The standard InChI is InChI=1S/C39H45NO10/c1-20-11-9-7-8-10-12-30(44)40-33-37(48)27-18-25(6)36(47)32(31(27)38(49)39(33)50)35(46)24(5)17-23(4)34(45)22(3)14-16-26(41)15-13-21(2)29(43)19-28(20)42/h7-14,16-18,20,22-23,26,28,34,41-42,45,47-48H,15,19H2,1-6H3,(H,40,44)/b8-7-,11-9+,12-10+,16-14+,21-13+,24-17+/t20-,22-,23-,26-,28-,34-/m0/s1. The van der Waals surface area contributed by atoms with Gasteiger partial charge in [-0.1, -0.05) is 75.5 Å². The molecule has 2 aliphatic heterocycles. The Kier molecular flexibility index (Phi) is 13.5. The summed E-state index contributed by atoms with van der Waals surface area (Å²) in [5.41, 5.74) is -1.36. The quantitative estimate of drug-likeness (QED) is 0.167. The van der Waals surface area contributed by atoms with E-state index >= 15 is 0 Å². The number of ketones is 4. The van der Waals surface area contributed by atoms with Crippen molar-refractivity contribution in [3.8, 4) is 5.75 Å². The molecule has 0 unspecified atom stereocenters. The van der Waals surface area contributed by atoms with Crippen LogP contribution < -0.4 is 5.32 Å². The van der Waals surface area contributed by atoms with Crippen molar-refractivity contribution in [1.82, 2.24) is 5.32 Å². The van der Waals surface area contributed by atoms with Gasteiger partial charge in [-0.05, 0) is 50.0 Å². The third kappa shape index (κ3) is 9.38. The number of aliphatic hydroxyl groups excluding tert-OH is 4. The van der Waals surface area contributed by atoms with Crippen LogP contribution in [-0.2, 0) is 14.4 Å². The van der Waals surface area contributed by atoms with Gasteiger partial charge >= 0.3 is 0 Å². The van der Waals surface area contributed by atoms with Gasteiger partial charge in [0.2, 0.25) is 11.7 Å². The van der Waals surface area contributed by atoms with E-state index in [1.54, 1.807) is 58.1 Å². The molecular formula is C39H45NO10. The summed E-state index contributed by atoms with van der Waals surface area (Å²) < 4.78 is 0. The molecule has 1 aromatic carbocycles. The molecule has 3 aliphatic rings. The van der Waals surface area contributed by atoms with Crippen molar-refractivity contribution in [2.24, 2.45) is 17.8 Å². The molecule has 1 aliphatic carbocycles. The summed E-state index contributed by atoms with van der Waals surface area (Å²) in [6.45, 7) is 9.57. The van der Waals surface area contributed by atoms with E-state index in [9.17, 15) is 49.5 Å². The minimum Gasteiger partial charge on any atom is -0.507 e. The second kappa shape index (κ2) is 17.1. The summed E-state index contributed by atoms with van der Waals surface area (Å²) in [7, 11) is 0. The summed E-state index contributed by atoms with van der Waals surface area (Å²) in [6.07, 6.45) is 11.9. The number of hydrogen-bond acceptors (Lipinski definition) is 10. The number of phenolic OH excluding ortho intramolecular Hbond substituents is 1. The fraction of sp³-hybridized carbons (Fsp3) is 0.359. The predicted molar refractivity (Wildman–Crippen MR) is 188 cm³/mol. The summed E-state index contributed by atoms with van der Waals surface area (Å²) in [4.78, 5) is 65.5. The molecule has 11 nitrogen and oxygen atoms in total. The van der Waals surface area contributed by atoms with Gasteiger partial charge in [-0.3, -0.25) is 24.0 Å². The van der Waals surface area contributed by atoms with Gasteiger partial charge in [0.1, 0.15) is 11.4 Å². The van der Waals surface area contributed by atoms with Crippen molar-refractivity contribution in [1.29, 1.82) is 0 Å². The molecule has 0 fully saturated rings. The molecule has 0 saturated carbocycles. The van der Waals surface area contributed by atoms with Crippen LogP contribution in [0.15, 0.2) is 83.7 Å². The average molecular weight is 688 g/mol. The van der Waals surface area contributed by atoms with Crippen LogP contribution in [0.4, 0.5) is 0 Å². The number of benzene rings is 1. The first-order valence-electron chi connectivity index (χ1n) is 16.3. The largest absolute Gasteiger partial charge is 0.507 e. The van der Waals surface area contributed by atoms with Crippen LogP contribution in [0.3, 0.4) is 0 Å². The van der Waals surface area contributed by atoms with Crippen molar-refractivity contribution in [2.75, 3.05) is 0 Å². The minimum atomic E-state index is -1.29. The molecule has 0 aromatic heterocycles. The van der Waals surface area contributed by atoms with Crippen LogP contribution in [0.25, 0.3) is 5.76 Å². The molecule has 2 heterocycles. The number of fused-ring (bicyclic) bond motifs is 18. The van der Waals surface area contributed by atoms with E-state index in [1.165, 1.54) is 44.2 Å². The number of rotatable bonds is 0. The second-order valence-electron chi connectivity index (χ2n) is 12.9. The number of Topliss-reactive ketones (excluding diaryl/α,β-unsaturated/α-hetero) is 4. The molecule has 6 N–H and O–H groups in total. The van der Waals surface area contributed by atoms with Gasteiger partial charge in [0.15, 0.2) is 17.3 Å². The zero-order valence-electron chi connectivity index (χ0n) is 29.0. The number of aliphatic hydroxyl groups is 4. The summed E-state index contributed by atoms with van der Waals surface area (Å²) >= 11 is 0. The van der Waals surface area contributed by atoms with Crippen molar-refractivity contribution in [3.63, 3.8) is 0 Å². The number of amides is 1. The van der Waals surface area contributed by atoms with E-state index in [0.717, 1.165) is 6.08 Å². The van der Waals surface area contributed by atoms with Gasteiger partial charge in [0.25, 0.3) is 5.78 Å². The van der Waals surface area contributed by atoms with Gasteiger partial charge in [-0.2, -0.15) is 0 Å². The molecule has 0 saturated heterocycles. The third-order valence-corrected chi connectivity index (χ3v) is 8.81. The van der Waals surface area contributed by atoms with Crippen LogP contribution in [0.5, 0.6) is 5.75 Å². The minimum absolute atomic E-state index is 0.0421. The Labute approximate surface area is 291 Å². The van der Waals surface area contributed by atoms with Crippen LogP contribution >= 0.6 is 0 Å². The highest BCUT2D eigenvalue weighted by Gasteiger charge is 2.39. The number of carbonyl (C=O) groups excluding carboxylic acids is 5. The maximum Gasteiger partial charge on any atom is 0.253 e. The second-order valence-corrected chi connectivity index (χ2v) is 12.9. The van der Waals surface area contributed by atoms with Gasteiger partial charge < -0.3 is 30.8 Å². The Morgan fingerprint density at radius 1 is 0.720 bits per heavy atom. The van der Waals surface area contributed by atoms with Crippen LogP contribution in [0.2, 0.25) is 0 Å². The number of allylic oxidation sites excluding steroid dienone is 7. The molecule has 4 bridgehead atoms. The van der Waals surface area contributed by atoms with Crippen molar-refractivity contribution >= 4 is 34.8 Å². The number of hydrogen-bond donors (Lipinski definition) is 6. The SMILES string of the molecule is C/C1=C\C[C@H](O)/C=C/[C@H](C)[C@H](O)[C@@H](C)/C=C(\C)C(=O)c2c(O)c(C)cc3c2C(=O)C(=O)C(=C3O)NC(=O)/C=C/C=C\C=C\[C@H](C)[C@@H](O)CC1=O. The van der Waals surface area contributed by atoms with Gasteiger partial charge in [-0.25, -0.2) is 0 Å². The zero-order chi connectivity index (χ0) is 37.4. The maximum absolute atomic E-state index is 13.7. The Hall–Kier alpha value is -4.97. The maximum atomic E-state index is 13.7. The Bertz CT molecular complexity index is 1770. The first-order chi connectivity index (χ1) is 23.5. The molecule has 0 radical (unpaired) electrons. The van der Waals surface area contributed by atoms with Gasteiger partial charge in [-0.15, -0.1) is 0 Å². The van der Waals surface area contributed by atoms with E-state index in [-0.39, 0.29) is 35.3 Å².